The average molecular weight is 305 g/mol. The Morgan fingerprint density at radius 1 is 1.33 bits per heavy atom. The first-order chi connectivity index (χ1) is 10.1. The molecule has 1 aliphatic heterocycles. The molecule has 2 aromatic carbocycles. The second-order valence-electron chi connectivity index (χ2n) is 4.74. The van der Waals surface area contributed by atoms with Crippen molar-refractivity contribution < 1.29 is 19.4 Å². The minimum atomic E-state index is -1.02. The molecule has 4 nitrogen and oxygen atoms in total. The molecule has 0 fully saturated rings. The fourth-order valence-corrected chi connectivity index (χ4v) is 2.64. The van der Waals surface area contributed by atoms with Crippen molar-refractivity contribution in [1.29, 1.82) is 0 Å². The number of halogens is 1. The van der Waals surface area contributed by atoms with Crippen LogP contribution in [0.25, 0.3) is 0 Å². The zero-order chi connectivity index (χ0) is 14.8. The molecule has 5 heteroatoms. The number of hydrogen-bond donors (Lipinski definition) is 1. The molecule has 0 atom stereocenters. The Labute approximate surface area is 126 Å². The van der Waals surface area contributed by atoms with Gasteiger partial charge in [0.25, 0.3) is 0 Å². The molecule has 0 aliphatic carbocycles. The minimum Gasteiger partial charge on any atom is -0.493 e. The van der Waals surface area contributed by atoms with Gasteiger partial charge in [-0.2, -0.15) is 0 Å². The number of carbonyl (C=O) groups is 1. The van der Waals surface area contributed by atoms with Gasteiger partial charge in [0.1, 0.15) is 23.7 Å². The van der Waals surface area contributed by atoms with Gasteiger partial charge in [-0.15, -0.1) is 0 Å². The van der Waals surface area contributed by atoms with E-state index in [1.54, 1.807) is 24.3 Å². The summed E-state index contributed by atoms with van der Waals surface area (Å²) in [6, 6.07) is 10.2. The topological polar surface area (TPSA) is 55.8 Å². The summed E-state index contributed by atoms with van der Waals surface area (Å²) in [5, 5.41) is 9.77. The third-order valence-electron chi connectivity index (χ3n) is 3.33. The van der Waals surface area contributed by atoms with Crippen LogP contribution < -0.4 is 9.47 Å². The molecule has 0 radical (unpaired) electrons. The first kappa shape index (κ1) is 13.8. The highest BCUT2D eigenvalue weighted by molar-refractivity contribution is 6.30. The molecule has 3 rings (SSSR count). The largest absolute Gasteiger partial charge is 0.493 e. The second kappa shape index (κ2) is 5.66. The number of fused-ring (bicyclic) bond motifs is 1. The molecular weight excluding hydrogens is 292 g/mol. The van der Waals surface area contributed by atoms with Crippen molar-refractivity contribution in [1.82, 2.24) is 0 Å². The summed E-state index contributed by atoms with van der Waals surface area (Å²) in [6.45, 7) is 0.849. The first-order valence-electron chi connectivity index (χ1n) is 6.54. The second-order valence-corrected chi connectivity index (χ2v) is 5.18. The van der Waals surface area contributed by atoms with E-state index in [-0.39, 0.29) is 12.2 Å². The number of ether oxygens (including phenoxy) is 2. The third kappa shape index (κ3) is 2.81. The first-order valence-corrected chi connectivity index (χ1v) is 6.92. The van der Waals surface area contributed by atoms with E-state index in [2.05, 4.69) is 0 Å². The molecule has 2 aromatic rings. The Hall–Kier alpha value is -2.20. The van der Waals surface area contributed by atoms with Gasteiger partial charge >= 0.3 is 5.97 Å². The highest BCUT2D eigenvalue weighted by atomic mass is 35.5. The molecule has 108 valence electrons. The molecule has 0 unspecified atom stereocenters. The van der Waals surface area contributed by atoms with Crippen molar-refractivity contribution in [3.8, 4) is 11.5 Å². The van der Waals surface area contributed by atoms with Crippen molar-refractivity contribution in [2.24, 2.45) is 0 Å². The van der Waals surface area contributed by atoms with Crippen LogP contribution in [0, 0.1) is 0 Å². The van der Waals surface area contributed by atoms with Crippen molar-refractivity contribution in [2.75, 3.05) is 6.61 Å². The lowest BCUT2D eigenvalue weighted by molar-refractivity contribution is 0.0691. The summed E-state index contributed by atoms with van der Waals surface area (Å²) in [6.07, 6.45) is 0.828. The molecule has 0 aromatic heterocycles. The minimum absolute atomic E-state index is 0.136. The highest BCUT2D eigenvalue weighted by Crippen LogP contribution is 2.33. The van der Waals surface area contributed by atoms with Gasteiger partial charge < -0.3 is 14.6 Å². The lowest BCUT2D eigenvalue weighted by Crippen LogP contribution is -2.04. The number of carboxylic acid groups (broad SMARTS) is 1. The molecule has 0 saturated heterocycles. The van der Waals surface area contributed by atoms with E-state index in [0.717, 1.165) is 23.3 Å². The number of para-hydroxylation sites is 1. The van der Waals surface area contributed by atoms with E-state index < -0.39 is 5.97 Å². The zero-order valence-corrected chi connectivity index (χ0v) is 11.9. The number of carboxylic acids is 1. The van der Waals surface area contributed by atoms with Gasteiger partial charge in [-0.3, -0.25) is 0 Å². The van der Waals surface area contributed by atoms with E-state index in [4.69, 9.17) is 26.2 Å². The van der Waals surface area contributed by atoms with Crippen LogP contribution in [0.2, 0.25) is 5.02 Å². The van der Waals surface area contributed by atoms with E-state index in [1.165, 1.54) is 6.07 Å². The number of hydrogen-bond acceptors (Lipinski definition) is 3. The monoisotopic (exact) mass is 304 g/mol. The Bertz CT molecular complexity index is 697. The average Bonchev–Trinajstić information content (AvgIpc) is 2.93. The highest BCUT2D eigenvalue weighted by Gasteiger charge is 2.18. The summed E-state index contributed by atoms with van der Waals surface area (Å²) < 4.78 is 11.2. The predicted molar refractivity (Wildman–Crippen MR) is 78.4 cm³/mol. The molecule has 1 aliphatic rings. The summed E-state index contributed by atoms with van der Waals surface area (Å²) in [4.78, 5) is 11.1. The molecular formula is C16H13ClO4. The Kier molecular flexibility index (Phi) is 3.71. The number of aromatic carboxylic acids is 1. The molecule has 0 bridgehead atoms. The van der Waals surface area contributed by atoms with Crippen molar-refractivity contribution in [3.63, 3.8) is 0 Å². The van der Waals surface area contributed by atoms with Gasteiger partial charge in [0.15, 0.2) is 0 Å². The van der Waals surface area contributed by atoms with Gasteiger partial charge in [-0.1, -0.05) is 23.7 Å². The van der Waals surface area contributed by atoms with E-state index in [0.29, 0.717) is 17.4 Å². The van der Waals surface area contributed by atoms with E-state index in [9.17, 15) is 4.79 Å². The summed E-state index contributed by atoms with van der Waals surface area (Å²) >= 11 is 6.09. The summed E-state index contributed by atoms with van der Waals surface area (Å²) in [7, 11) is 0. The Morgan fingerprint density at radius 3 is 2.95 bits per heavy atom. The fourth-order valence-electron chi connectivity index (χ4n) is 2.38. The Balaban J connectivity index is 1.85. The summed E-state index contributed by atoms with van der Waals surface area (Å²) in [5.41, 5.74) is 2.03. The van der Waals surface area contributed by atoms with E-state index >= 15 is 0 Å². The van der Waals surface area contributed by atoms with Crippen LogP contribution in [-0.4, -0.2) is 17.7 Å². The maximum atomic E-state index is 11.1. The number of benzene rings is 2. The Morgan fingerprint density at radius 2 is 2.14 bits per heavy atom. The van der Waals surface area contributed by atoms with Gasteiger partial charge in [0, 0.05) is 17.0 Å². The van der Waals surface area contributed by atoms with Crippen LogP contribution in [0.15, 0.2) is 36.4 Å². The fraction of sp³-hybridized carbons (Fsp3) is 0.188. The van der Waals surface area contributed by atoms with Crippen LogP contribution in [0.4, 0.5) is 0 Å². The normalized spacial score (nSPS) is 12.6. The van der Waals surface area contributed by atoms with Crippen LogP contribution in [0.5, 0.6) is 11.5 Å². The van der Waals surface area contributed by atoms with Crippen molar-refractivity contribution in [2.45, 2.75) is 13.0 Å². The lowest BCUT2D eigenvalue weighted by atomic mass is 10.1. The maximum absolute atomic E-state index is 11.1. The van der Waals surface area contributed by atoms with Crippen molar-refractivity contribution in [3.05, 3.63) is 58.1 Å². The van der Waals surface area contributed by atoms with Gasteiger partial charge in [0.05, 0.1) is 6.61 Å². The molecule has 1 N–H and O–H groups in total. The quantitative estimate of drug-likeness (QED) is 0.938. The van der Waals surface area contributed by atoms with Crippen LogP contribution in [0.3, 0.4) is 0 Å². The lowest BCUT2D eigenvalue weighted by Gasteiger charge is -2.12. The predicted octanol–water partition coefficient (Wildman–Crippen LogP) is 3.55. The van der Waals surface area contributed by atoms with Crippen LogP contribution >= 0.6 is 11.6 Å². The van der Waals surface area contributed by atoms with Crippen molar-refractivity contribution >= 4 is 17.6 Å². The van der Waals surface area contributed by atoms with Crippen LogP contribution in [-0.2, 0) is 13.0 Å². The summed E-state index contributed by atoms with van der Waals surface area (Å²) in [5.74, 6) is 0.113. The van der Waals surface area contributed by atoms with Crippen LogP contribution in [0.1, 0.15) is 21.5 Å². The van der Waals surface area contributed by atoms with E-state index in [1.807, 2.05) is 6.07 Å². The molecule has 1 heterocycles. The molecule has 0 spiro atoms. The zero-order valence-electron chi connectivity index (χ0n) is 11.1. The smallest absolute Gasteiger partial charge is 0.339 e. The van der Waals surface area contributed by atoms with Gasteiger partial charge in [-0.25, -0.2) is 4.79 Å². The number of rotatable bonds is 4. The van der Waals surface area contributed by atoms with Gasteiger partial charge in [-0.05, 0) is 29.8 Å². The molecule has 21 heavy (non-hydrogen) atoms. The maximum Gasteiger partial charge on any atom is 0.339 e. The standard InChI is InChI=1S/C16H13ClO4/c17-12-7-10-5-6-20-15(10)11(8-12)9-21-14-4-2-1-3-13(14)16(18)19/h1-4,7-8H,5-6,9H2,(H,18,19). The third-order valence-corrected chi connectivity index (χ3v) is 3.54. The van der Waals surface area contributed by atoms with Gasteiger partial charge in [0.2, 0.25) is 0 Å². The molecule has 0 amide bonds. The molecule has 0 saturated carbocycles. The SMILES string of the molecule is O=C(O)c1ccccc1OCc1cc(Cl)cc2c1OCC2.